The summed E-state index contributed by atoms with van der Waals surface area (Å²) in [5.41, 5.74) is 1.72. The van der Waals surface area contributed by atoms with Gasteiger partial charge >= 0.3 is 0 Å². The number of methoxy groups -OCH3 is 1. The predicted octanol–water partition coefficient (Wildman–Crippen LogP) is 3.60. The summed E-state index contributed by atoms with van der Waals surface area (Å²) in [5.74, 6) is 0.852. The smallest absolute Gasteiger partial charge is 0.290 e. The fourth-order valence-corrected chi connectivity index (χ4v) is 2.87. The van der Waals surface area contributed by atoms with E-state index < -0.39 is 5.91 Å². The van der Waals surface area contributed by atoms with Crippen LogP contribution >= 0.6 is 11.8 Å². The number of carbonyl (C=O) groups excluding carboxylic acids is 2. The molecule has 0 saturated carbocycles. The topological polar surface area (TPSA) is 64.6 Å². The number of rotatable bonds is 5. The number of hydrogen-bond acceptors (Lipinski definition) is 5. The average molecular weight is 341 g/mol. The Morgan fingerprint density at radius 3 is 2.58 bits per heavy atom. The molecule has 24 heavy (non-hydrogen) atoms. The molecule has 1 heterocycles. The summed E-state index contributed by atoms with van der Waals surface area (Å²) in [6, 6.07) is 15.1. The van der Waals surface area contributed by atoms with E-state index in [1.807, 2.05) is 30.3 Å². The van der Waals surface area contributed by atoms with Crippen molar-refractivity contribution in [3.05, 3.63) is 64.6 Å². The first-order chi connectivity index (χ1) is 11.7. The number of amides is 2. The zero-order chi connectivity index (χ0) is 16.9. The van der Waals surface area contributed by atoms with Crippen LogP contribution in [0.2, 0.25) is 0 Å². The molecule has 0 unspecified atom stereocenters. The summed E-state index contributed by atoms with van der Waals surface area (Å²) in [6.07, 6.45) is 1.63. The summed E-state index contributed by atoms with van der Waals surface area (Å²) < 4.78 is 11.1. The largest absolute Gasteiger partial charge is 0.497 e. The highest BCUT2D eigenvalue weighted by Crippen LogP contribution is 2.31. The van der Waals surface area contributed by atoms with Crippen LogP contribution in [-0.2, 0) is 11.4 Å². The van der Waals surface area contributed by atoms with Gasteiger partial charge in [0.05, 0.1) is 12.0 Å². The molecular weight excluding hydrogens is 326 g/mol. The second kappa shape index (κ2) is 7.23. The van der Waals surface area contributed by atoms with Crippen molar-refractivity contribution < 1.29 is 19.1 Å². The third-order valence-corrected chi connectivity index (χ3v) is 4.19. The Kier molecular flexibility index (Phi) is 4.86. The number of carbonyl (C=O) groups is 2. The van der Waals surface area contributed by atoms with E-state index in [-0.39, 0.29) is 5.24 Å². The molecule has 2 aromatic rings. The van der Waals surface area contributed by atoms with Crippen LogP contribution in [0.15, 0.2) is 53.4 Å². The van der Waals surface area contributed by atoms with Gasteiger partial charge in [-0.05, 0) is 41.6 Å². The van der Waals surface area contributed by atoms with Crippen LogP contribution in [0, 0.1) is 0 Å². The van der Waals surface area contributed by atoms with Gasteiger partial charge in [0.2, 0.25) is 0 Å². The van der Waals surface area contributed by atoms with Gasteiger partial charge in [0.1, 0.15) is 18.1 Å². The molecule has 0 radical (unpaired) electrons. The fraction of sp³-hybridized carbons (Fsp3) is 0.111. The highest BCUT2D eigenvalue weighted by molar-refractivity contribution is 8.18. The van der Waals surface area contributed by atoms with Gasteiger partial charge in [-0.3, -0.25) is 14.9 Å². The molecule has 2 amide bonds. The van der Waals surface area contributed by atoms with Crippen LogP contribution in [0.1, 0.15) is 11.1 Å². The quantitative estimate of drug-likeness (QED) is 0.842. The van der Waals surface area contributed by atoms with E-state index in [9.17, 15) is 9.59 Å². The minimum Gasteiger partial charge on any atom is -0.497 e. The van der Waals surface area contributed by atoms with Crippen LogP contribution < -0.4 is 14.8 Å². The molecule has 1 fully saturated rings. The molecule has 0 atom stereocenters. The first-order valence-electron chi connectivity index (χ1n) is 7.25. The lowest BCUT2D eigenvalue weighted by Gasteiger charge is -2.11. The third kappa shape index (κ3) is 3.78. The van der Waals surface area contributed by atoms with Crippen molar-refractivity contribution in [3.8, 4) is 11.5 Å². The Hall–Kier alpha value is -2.73. The number of ether oxygens (including phenoxy) is 2. The van der Waals surface area contributed by atoms with Crippen molar-refractivity contribution >= 4 is 29.0 Å². The monoisotopic (exact) mass is 341 g/mol. The second-order valence-electron chi connectivity index (χ2n) is 5.03. The standard InChI is InChI=1S/C18H15NO4S/c1-22-14-7-8-15(23-11-12-5-3-2-4-6-12)13(9-14)10-16-17(20)19-18(21)24-16/h2-10H,11H2,1H3,(H,19,20,21)/b16-10-. The lowest BCUT2D eigenvalue weighted by molar-refractivity contribution is -0.115. The summed E-state index contributed by atoms with van der Waals surface area (Å²) in [5, 5.41) is 1.86. The van der Waals surface area contributed by atoms with Gasteiger partial charge in [-0.2, -0.15) is 0 Å². The molecule has 0 bridgehead atoms. The Morgan fingerprint density at radius 2 is 1.92 bits per heavy atom. The van der Waals surface area contributed by atoms with Crippen LogP contribution in [0.3, 0.4) is 0 Å². The zero-order valence-corrected chi connectivity index (χ0v) is 13.8. The average Bonchev–Trinajstić information content (AvgIpc) is 2.92. The van der Waals surface area contributed by atoms with Crippen molar-refractivity contribution in [3.63, 3.8) is 0 Å². The lowest BCUT2D eigenvalue weighted by Crippen LogP contribution is -2.17. The Morgan fingerprint density at radius 1 is 1.12 bits per heavy atom. The molecule has 1 saturated heterocycles. The molecule has 1 aliphatic rings. The molecule has 0 aromatic heterocycles. The lowest BCUT2D eigenvalue weighted by atomic mass is 10.1. The number of nitrogens with one attached hydrogen (secondary N) is 1. The van der Waals surface area contributed by atoms with E-state index in [0.717, 1.165) is 17.3 Å². The van der Waals surface area contributed by atoms with Gasteiger partial charge in [0, 0.05) is 5.56 Å². The maximum atomic E-state index is 11.7. The van der Waals surface area contributed by atoms with E-state index >= 15 is 0 Å². The minimum absolute atomic E-state index is 0.331. The molecule has 1 N–H and O–H groups in total. The van der Waals surface area contributed by atoms with E-state index in [1.165, 1.54) is 0 Å². The summed E-state index contributed by atoms with van der Waals surface area (Å²) in [4.78, 5) is 23.4. The van der Waals surface area contributed by atoms with Crippen LogP contribution in [0.5, 0.6) is 11.5 Å². The predicted molar refractivity (Wildman–Crippen MR) is 92.9 cm³/mol. The number of imide groups is 1. The van der Waals surface area contributed by atoms with E-state index in [2.05, 4.69) is 5.32 Å². The first-order valence-corrected chi connectivity index (χ1v) is 8.07. The minimum atomic E-state index is -0.401. The normalized spacial score (nSPS) is 15.5. The van der Waals surface area contributed by atoms with Gasteiger partial charge in [0.25, 0.3) is 11.1 Å². The Balaban J connectivity index is 1.87. The van der Waals surface area contributed by atoms with Gasteiger partial charge in [-0.1, -0.05) is 30.3 Å². The van der Waals surface area contributed by atoms with E-state index in [1.54, 1.807) is 31.4 Å². The van der Waals surface area contributed by atoms with Crippen LogP contribution in [-0.4, -0.2) is 18.3 Å². The molecule has 122 valence electrons. The van der Waals surface area contributed by atoms with Crippen molar-refractivity contribution in [2.75, 3.05) is 7.11 Å². The number of thioether (sulfide) groups is 1. The Labute approximate surface area is 143 Å². The molecule has 1 aliphatic heterocycles. The van der Waals surface area contributed by atoms with Gasteiger partial charge < -0.3 is 9.47 Å². The van der Waals surface area contributed by atoms with E-state index in [4.69, 9.17) is 9.47 Å². The number of hydrogen-bond donors (Lipinski definition) is 1. The van der Waals surface area contributed by atoms with Crippen molar-refractivity contribution in [1.29, 1.82) is 0 Å². The molecule has 2 aromatic carbocycles. The first kappa shape index (κ1) is 16.1. The fourth-order valence-electron chi connectivity index (χ4n) is 2.20. The molecule has 5 nitrogen and oxygen atoms in total. The maximum absolute atomic E-state index is 11.7. The highest BCUT2D eigenvalue weighted by Gasteiger charge is 2.25. The van der Waals surface area contributed by atoms with Crippen molar-refractivity contribution in [2.45, 2.75) is 6.61 Å². The van der Waals surface area contributed by atoms with Crippen molar-refractivity contribution in [1.82, 2.24) is 5.32 Å². The summed E-state index contributed by atoms with van der Waals surface area (Å²) >= 11 is 0.870. The summed E-state index contributed by atoms with van der Waals surface area (Å²) in [6.45, 7) is 0.404. The maximum Gasteiger partial charge on any atom is 0.290 e. The van der Waals surface area contributed by atoms with Gasteiger partial charge in [0.15, 0.2) is 0 Å². The zero-order valence-electron chi connectivity index (χ0n) is 12.9. The highest BCUT2D eigenvalue weighted by atomic mass is 32.2. The Bertz CT molecular complexity index is 802. The van der Waals surface area contributed by atoms with Crippen molar-refractivity contribution in [2.24, 2.45) is 0 Å². The van der Waals surface area contributed by atoms with Gasteiger partial charge in [-0.25, -0.2) is 0 Å². The molecule has 6 heteroatoms. The second-order valence-corrected chi connectivity index (χ2v) is 6.05. The molecular formula is C18H15NO4S. The molecule has 3 rings (SSSR count). The SMILES string of the molecule is COc1ccc(OCc2ccccc2)c(/C=C2\SC(=O)NC2=O)c1. The van der Waals surface area contributed by atoms with Crippen LogP contribution in [0.4, 0.5) is 4.79 Å². The van der Waals surface area contributed by atoms with E-state index in [0.29, 0.717) is 28.6 Å². The molecule has 0 aliphatic carbocycles. The third-order valence-electron chi connectivity index (χ3n) is 3.38. The molecule has 0 spiro atoms. The van der Waals surface area contributed by atoms with Crippen LogP contribution in [0.25, 0.3) is 6.08 Å². The van der Waals surface area contributed by atoms with Gasteiger partial charge in [-0.15, -0.1) is 0 Å². The number of benzene rings is 2. The summed E-state index contributed by atoms with van der Waals surface area (Å²) in [7, 11) is 1.57.